The van der Waals surface area contributed by atoms with Crippen molar-refractivity contribution in [1.29, 1.82) is 0 Å². The molecule has 0 aliphatic heterocycles. The van der Waals surface area contributed by atoms with Gasteiger partial charge in [-0.1, -0.05) is 41.9 Å². The summed E-state index contributed by atoms with van der Waals surface area (Å²) in [6, 6.07) is 18.2. The molecule has 0 amide bonds. The fourth-order valence-electron chi connectivity index (χ4n) is 2.86. The maximum atomic E-state index is 13.1. The van der Waals surface area contributed by atoms with Crippen molar-refractivity contribution in [3.05, 3.63) is 97.5 Å². The Morgan fingerprint density at radius 3 is 2.52 bits per heavy atom. The molecule has 4 rings (SSSR count). The van der Waals surface area contributed by atoms with Gasteiger partial charge in [-0.25, -0.2) is 9.36 Å². The Morgan fingerprint density at radius 2 is 1.76 bits per heavy atom. The number of nitrogens with zero attached hydrogens (tertiary/aromatic N) is 2. The Bertz CT molecular complexity index is 1180. The second-order valence-electron chi connectivity index (χ2n) is 5.61. The van der Waals surface area contributed by atoms with E-state index in [0.29, 0.717) is 27.5 Å². The van der Waals surface area contributed by atoms with E-state index < -0.39 is 0 Å². The number of rotatable bonds is 3. The van der Waals surface area contributed by atoms with E-state index in [1.165, 1.54) is 15.9 Å². The fraction of sp³-hybridized carbons (Fsp3) is 0.0526. The molecule has 0 unspecified atom stereocenters. The molecule has 0 saturated heterocycles. The summed E-state index contributed by atoms with van der Waals surface area (Å²) in [5.41, 5.74) is 1.46. The van der Waals surface area contributed by atoms with Crippen molar-refractivity contribution in [2.24, 2.45) is 0 Å². The van der Waals surface area contributed by atoms with Crippen molar-refractivity contribution < 1.29 is 0 Å². The van der Waals surface area contributed by atoms with Crippen molar-refractivity contribution in [3.63, 3.8) is 0 Å². The normalized spacial score (nSPS) is 11.1. The highest BCUT2D eigenvalue weighted by atomic mass is 35.5. The van der Waals surface area contributed by atoms with Gasteiger partial charge >= 0.3 is 5.69 Å². The third-order valence-corrected chi connectivity index (χ3v) is 5.13. The van der Waals surface area contributed by atoms with Gasteiger partial charge in [0.05, 0.1) is 17.7 Å². The summed E-state index contributed by atoms with van der Waals surface area (Å²) in [6.07, 6.45) is 0. The van der Waals surface area contributed by atoms with Crippen LogP contribution in [0.4, 0.5) is 0 Å². The first-order chi connectivity index (χ1) is 12.1. The average Bonchev–Trinajstić information content (AvgIpc) is 3.10. The van der Waals surface area contributed by atoms with Crippen LogP contribution in [0.2, 0.25) is 5.02 Å². The molecule has 2 heterocycles. The number of halogens is 1. The maximum Gasteiger partial charge on any atom is 0.336 e. The molecule has 25 heavy (non-hydrogen) atoms. The average molecular weight is 369 g/mol. The fourth-order valence-corrected chi connectivity index (χ4v) is 3.90. The first-order valence-electron chi connectivity index (χ1n) is 7.68. The third-order valence-electron chi connectivity index (χ3n) is 4.00. The van der Waals surface area contributed by atoms with Crippen molar-refractivity contribution in [2.75, 3.05) is 0 Å². The van der Waals surface area contributed by atoms with E-state index in [4.69, 9.17) is 11.6 Å². The second-order valence-corrected chi connectivity index (χ2v) is 6.96. The van der Waals surface area contributed by atoms with Crippen LogP contribution < -0.4 is 11.2 Å². The minimum absolute atomic E-state index is 0.288. The number of hydrogen-bond acceptors (Lipinski definition) is 3. The molecule has 124 valence electrons. The van der Waals surface area contributed by atoms with Gasteiger partial charge in [-0.05, 0) is 41.3 Å². The van der Waals surface area contributed by atoms with Crippen LogP contribution in [0.5, 0.6) is 0 Å². The summed E-state index contributed by atoms with van der Waals surface area (Å²) < 4.78 is 3.40. The lowest BCUT2D eigenvalue weighted by Crippen LogP contribution is -2.38. The summed E-state index contributed by atoms with van der Waals surface area (Å²) in [7, 11) is 0. The van der Waals surface area contributed by atoms with E-state index in [1.807, 2.05) is 35.7 Å². The Kier molecular flexibility index (Phi) is 4.03. The van der Waals surface area contributed by atoms with Crippen LogP contribution in [0, 0.1) is 0 Å². The summed E-state index contributed by atoms with van der Waals surface area (Å²) >= 11 is 7.40. The number of benzene rings is 2. The second kappa shape index (κ2) is 6.35. The number of thiophene rings is 1. The number of hydrogen-bond donors (Lipinski definition) is 0. The molecule has 2 aromatic heterocycles. The highest BCUT2D eigenvalue weighted by molar-refractivity contribution is 7.17. The molecule has 6 heteroatoms. The minimum atomic E-state index is -0.359. The molecule has 0 aliphatic rings. The minimum Gasteiger partial charge on any atom is -0.288 e. The molecular formula is C19H13ClN2O2S. The molecule has 0 aliphatic carbocycles. The van der Waals surface area contributed by atoms with Gasteiger partial charge in [0.25, 0.3) is 5.56 Å². The first-order valence-corrected chi connectivity index (χ1v) is 8.94. The van der Waals surface area contributed by atoms with Gasteiger partial charge in [0.2, 0.25) is 0 Å². The van der Waals surface area contributed by atoms with E-state index in [2.05, 4.69) is 0 Å². The molecule has 4 nitrogen and oxygen atoms in total. The van der Waals surface area contributed by atoms with Gasteiger partial charge in [0, 0.05) is 5.02 Å². The molecule has 4 aromatic rings. The van der Waals surface area contributed by atoms with Crippen molar-refractivity contribution in [2.45, 2.75) is 6.54 Å². The van der Waals surface area contributed by atoms with E-state index in [-0.39, 0.29) is 11.2 Å². The molecule has 0 N–H and O–H groups in total. The van der Waals surface area contributed by atoms with Crippen molar-refractivity contribution in [3.8, 4) is 5.69 Å². The zero-order valence-electron chi connectivity index (χ0n) is 13.1. The number of para-hydroxylation sites is 1. The monoisotopic (exact) mass is 368 g/mol. The Morgan fingerprint density at radius 1 is 0.960 bits per heavy atom. The highest BCUT2D eigenvalue weighted by Gasteiger charge is 2.15. The predicted octanol–water partition coefficient (Wildman–Crippen LogP) is 3.92. The molecule has 0 bridgehead atoms. The van der Waals surface area contributed by atoms with E-state index in [9.17, 15) is 9.59 Å². The number of aromatic nitrogens is 2. The lowest BCUT2D eigenvalue weighted by atomic mass is 10.2. The van der Waals surface area contributed by atoms with E-state index in [0.717, 1.165) is 5.56 Å². The standard InChI is InChI=1S/C19H13ClN2O2S/c20-14-6-4-5-13(11-14)12-21-16-9-10-25-17(16)18(23)22(19(21)24)15-7-2-1-3-8-15/h1-11H,12H2. The van der Waals surface area contributed by atoms with E-state index >= 15 is 0 Å². The third kappa shape index (κ3) is 2.81. The summed E-state index contributed by atoms with van der Waals surface area (Å²) in [5.74, 6) is 0. The van der Waals surface area contributed by atoms with Gasteiger partial charge in [-0.15, -0.1) is 11.3 Å². The lowest BCUT2D eigenvalue weighted by molar-refractivity contribution is 0.716. The molecule has 2 aromatic carbocycles. The topological polar surface area (TPSA) is 44.0 Å². The SMILES string of the molecule is O=c1c2sccc2n(Cc2cccc(Cl)c2)c(=O)n1-c1ccccc1. The van der Waals surface area contributed by atoms with Crippen molar-refractivity contribution >= 4 is 33.2 Å². The molecule has 0 saturated carbocycles. The van der Waals surface area contributed by atoms with Gasteiger partial charge in [0.15, 0.2) is 0 Å². The lowest BCUT2D eigenvalue weighted by Gasteiger charge is -2.12. The Labute approximate surface area is 152 Å². The quantitative estimate of drug-likeness (QED) is 0.550. The molecule has 0 spiro atoms. The molecule has 0 fully saturated rings. The van der Waals surface area contributed by atoms with Gasteiger partial charge in [-0.2, -0.15) is 0 Å². The Balaban J connectivity index is 2.00. The summed E-state index contributed by atoms with van der Waals surface area (Å²) in [5, 5.41) is 2.44. The van der Waals surface area contributed by atoms with Crippen LogP contribution in [0.3, 0.4) is 0 Å². The van der Waals surface area contributed by atoms with Crippen LogP contribution in [0.15, 0.2) is 75.6 Å². The zero-order chi connectivity index (χ0) is 17.4. The summed E-state index contributed by atoms with van der Waals surface area (Å²) in [6.45, 7) is 0.347. The van der Waals surface area contributed by atoms with E-state index in [1.54, 1.807) is 34.9 Å². The van der Waals surface area contributed by atoms with Gasteiger partial charge < -0.3 is 0 Å². The van der Waals surface area contributed by atoms with Crippen LogP contribution in [-0.4, -0.2) is 9.13 Å². The van der Waals surface area contributed by atoms with Crippen LogP contribution >= 0.6 is 22.9 Å². The van der Waals surface area contributed by atoms with Crippen LogP contribution in [0.25, 0.3) is 15.9 Å². The maximum absolute atomic E-state index is 13.1. The molecule has 0 atom stereocenters. The van der Waals surface area contributed by atoms with Crippen molar-refractivity contribution in [1.82, 2.24) is 9.13 Å². The zero-order valence-corrected chi connectivity index (χ0v) is 14.6. The molecular weight excluding hydrogens is 356 g/mol. The summed E-state index contributed by atoms with van der Waals surface area (Å²) in [4.78, 5) is 25.9. The van der Waals surface area contributed by atoms with Gasteiger partial charge in [-0.3, -0.25) is 9.36 Å². The smallest absolute Gasteiger partial charge is 0.288 e. The highest BCUT2D eigenvalue weighted by Crippen LogP contribution is 2.18. The van der Waals surface area contributed by atoms with Crippen LogP contribution in [-0.2, 0) is 6.54 Å². The number of fused-ring (bicyclic) bond motifs is 1. The van der Waals surface area contributed by atoms with Gasteiger partial charge in [0.1, 0.15) is 4.70 Å². The predicted molar refractivity (Wildman–Crippen MR) is 102 cm³/mol. The Hall–Kier alpha value is -2.63. The molecule has 0 radical (unpaired) electrons. The largest absolute Gasteiger partial charge is 0.336 e. The van der Waals surface area contributed by atoms with Crippen LogP contribution in [0.1, 0.15) is 5.56 Å². The first kappa shape index (κ1) is 15.9.